The molecule has 188 valence electrons. The molecule has 6 rings (SSSR count). The van der Waals surface area contributed by atoms with Crippen LogP contribution in [0, 0.1) is 48.1 Å². The molecule has 0 bridgehead atoms. The molecule has 2 heterocycles. The number of halogens is 2. The van der Waals surface area contributed by atoms with E-state index in [1.54, 1.807) is 24.5 Å². The number of hydrogen-bond donors (Lipinski definition) is 2. The van der Waals surface area contributed by atoms with E-state index in [9.17, 15) is 24.1 Å². The predicted molar refractivity (Wildman–Crippen MR) is 138 cm³/mol. The molecule has 2 fully saturated rings. The van der Waals surface area contributed by atoms with E-state index in [2.05, 4.69) is 10.6 Å². The smallest absolute Gasteiger partial charge is 0.422 e. The molecule has 2 saturated carbocycles. The zero-order chi connectivity index (χ0) is 26.4. The number of nitriles is 2. The van der Waals surface area contributed by atoms with Gasteiger partial charge in [-0.15, -0.1) is 0 Å². The van der Waals surface area contributed by atoms with Crippen LogP contribution in [-0.2, 0) is 0 Å². The topological polar surface area (TPSA) is 97.9 Å². The van der Waals surface area contributed by atoms with Gasteiger partial charge in [-0.1, -0.05) is 0 Å². The Hall–Kier alpha value is -3.66. The van der Waals surface area contributed by atoms with Crippen LogP contribution in [0.15, 0.2) is 30.5 Å². The highest BCUT2D eigenvalue weighted by Gasteiger charge is 2.32. The van der Waals surface area contributed by atoms with Gasteiger partial charge >= 0.3 is 7.12 Å². The average Bonchev–Trinajstić information content (AvgIpc) is 3.28. The van der Waals surface area contributed by atoms with Gasteiger partial charge in [0.25, 0.3) is 0 Å². The van der Waals surface area contributed by atoms with Crippen molar-refractivity contribution in [2.75, 3.05) is 0 Å². The molecule has 2 aromatic carbocycles. The molecule has 0 saturated heterocycles. The third-order valence-electron chi connectivity index (χ3n) is 7.82. The molecule has 2 N–H and O–H groups in total. The Bertz CT molecular complexity index is 1600. The third-order valence-corrected chi connectivity index (χ3v) is 7.82. The lowest BCUT2D eigenvalue weighted by molar-refractivity contribution is 0.321. The Morgan fingerprint density at radius 1 is 0.838 bits per heavy atom. The lowest BCUT2D eigenvalue weighted by Crippen LogP contribution is -2.41. The van der Waals surface area contributed by atoms with E-state index in [0.29, 0.717) is 33.6 Å². The number of rotatable bonds is 3. The summed E-state index contributed by atoms with van der Waals surface area (Å²) in [5, 5.41) is 38.8. The minimum Gasteiger partial charge on any atom is -0.422 e. The Morgan fingerprint density at radius 2 is 1.41 bits per heavy atom. The third kappa shape index (κ3) is 4.19. The normalized spacial score (nSPS) is 15.5. The largest absolute Gasteiger partial charge is 0.507 e. The molecular formula is C28H27BF2N4O2. The number of aromatic nitrogens is 2. The Kier molecular flexibility index (Phi) is 6.53. The quantitative estimate of drug-likeness (QED) is 0.385. The van der Waals surface area contributed by atoms with Crippen LogP contribution in [0.3, 0.4) is 0 Å². The van der Waals surface area contributed by atoms with Crippen LogP contribution in [0.2, 0.25) is 0 Å². The first-order valence-corrected chi connectivity index (χ1v) is 12.6. The molecule has 6 nitrogen and oxygen atoms in total. The van der Waals surface area contributed by atoms with Gasteiger partial charge in [0.1, 0.15) is 23.8 Å². The summed E-state index contributed by atoms with van der Waals surface area (Å²) in [5.41, 5.74) is 3.72. The van der Waals surface area contributed by atoms with Crippen molar-refractivity contribution in [3.05, 3.63) is 64.4 Å². The van der Waals surface area contributed by atoms with Gasteiger partial charge in [-0.05, 0) is 87.8 Å². The van der Waals surface area contributed by atoms with Crippen LogP contribution in [0.5, 0.6) is 0 Å². The van der Waals surface area contributed by atoms with Crippen LogP contribution in [0.1, 0.15) is 72.9 Å². The van der Waals surface area contributed by atoms with Crippen molar-refractivity contribution in [3.63, 3.8) is 0 Å². The minimum atomic E-state index is -1.74. The van der Waals surface area contributed by atoms with Crippen molar-refractivity contribution < 1.29 is 18.8 Å². The zero-order valence-electron chi connectivity index (χ0n) is 20.8. The Balaban J connectivity index is 0.000000153. The summed E-state index contributed by atoms with van der Waals surface area (Å²) >= 11 is 0. The fourth-order valence-corrected chi connectivity index (χ4v) is 5.29. The number of nitrogens with zero attached hydrogens (tertiary/aromatic N) is 4. The summed E-state index contributed by atoms with van der Waals surface area (Å²) in [5.74, 6) is -0.626. The maximum atomic E-state index is 13.8. The van der Waals surface area contributed by atoms with E-state index >= 15 is 0 Å². The van der Waals surface area contributed by atoms with Gasteiger partial charge in [0, 0.05) is 34.6 Å². The molecule has 4 aromatic rings. The van der Waals surface area contributed by atoms with Gasteiger partial charge in [0.2, 0.25) is 0 Å². The highest BCUT2D eigenvalue weighted by Crippen LogP contribution is 2.37. The lowest BCUT2D eigenvalue weighted by Gasteiger charge is -2.30. The molecule has 0 aliphatic heterocycles. The fourth-order valence-electron chi connectivity index (χ4n) is 5.29. The summed E-state index contributed by atoms with van der Waals surface area (Å²) in [6.07, 6.45) is 8.37. The summed E-state index contributed by atoms with van der Waals surface area (Å²) < 4.78 is 31.3. The van der Waals surface area contributed by atoms with Crippen molar-refractivity contribution in [2.45, 2.75) is 64.5 Å². The molecule has 2 aliphatic carbocycles. The molecule has 0 spiro atoms. The SMILES string of the molecule is Cc1cc2c(cc1F)c(C#N)c(B(O)O)n2C1CCC1.Cc1cc2c(cc1F)c(C#N)cn2C1CCC1. The molecule has 0 unspecified atom stereocenters. The lowest BCUT2D eigenvalue weighted by atomic mass is 9.81. The van der Waals surface area contributed by atoms with Crippen LogP contribution >= 0.6 is 0 Å². The van der Waals surface area contributed by atoms with Crippen molar-refractivity contribution in [1.29, 1.82) is 10.5 Å². The van der Waals surface area contributed by atoms with Crippen LogP contribution in [-0.4, -0.2) is 26.3 Å². The van der Waals surface area contributed by atoms with Gasteiger partial charge in [-0.3, -0.25) is 0 Å². The zero-order valence-corrected chi connectivity index (χ0v) is 20.8. The fraction of sp³-hybridized carbons (Fsp3) is 0.357. The minimum absolute atomic E-state index is 0.154. The predicted octanol–water partition coefficient (Wildman–Crippen LogP) is 5.05. The van der Waals surface area contributed by atoms with Crippen LogP contribution in [0.4, 0.5) is 8.78 Å². The molecule has 0 amide bonds. The number of hydrogen-bond acceptors (Lipinski definition) is 4. The maximum Gasteiger partial charge on any atom is 0.507 e. The Labute approximate surface area is 214 Å². The summed E-state index contributed by atoms with van der Waals surface area (Å²) in [7, 11) is -1.74. The second kappa shape index (κ2) is 9.66. The van der Waals surface area contributed by atoms with E-state index < -0.39 is 12.9 Å². The van der Waals surface area contributed by atoms with Crippen molar-refractivity contribution in [3.8, 4) is 12.1 Å². The summed E-state index contributed by atoms with van der Waals surface area (Å²) in [4.78, 5) is 0. The highest BCUT2D eigenvalue weighted by molar-refractivity contribution is 6.59. The van der Waals surface area contributed by atoms with Crippen molar-refractivity contribution in [1.82, 2.24) is 9.13 Å². The van der Waals surface area contributed by atoms with E-state index in [1.165, 1.54) is 18.6 Å². The maximum absolute atomic E-state index is 13.8. The molecule has 2 aliphatic rings. The molecule has 9 heteroatoms. The first kappa shape index (κ1) is 25.0. The van der Waals surface area contributed by atoms with Crippen molar-refractivity contribution in [2.24, 2.45) is 0 Å². The summed E-state index contributed by atoms with van der Waals surface area (Å²) in [6, 6.07) is 11.1. The summed E-state index contributed by atoms with van der Waals surface area (Å²) in [6.45, 7) is 3.42. The number of fused-ring (bicyclic) bond motifs is 2. The van der Waals surface area contributed by atoms with Gasteiger partial charge in [0.05, 0.1) is 22.2 Å². The van der Waals surface area contributed by atoms with Crippen LogP contribution in [0.25, 0.3) is 21.8 Å². The molecule has 2 aromatic heterocycles. The first-order chi connectivity index (χ1) is 17.7. The van der Waals surface area contributed by atoms with E-state index in [4.69, 9.17) is 5.26 Å². The van der Waals surface area contributed by atoms with Gasteiger partial charge in [-0.2, -0.15) is 10.5 Å². The number of benzene rings is 2. The van der Waals surface area contributed by atoms with Gasteiger partial charge < -0.3 is 19.2 Å². The monoisotopic (exact) mass is 500 g/mol. The second-order valence-corrected chi connectivity index (χ2v) is 10.1. The van der Waals surface area contributed by atoms with E-state index in [1.807, 2.05) is 18.3 Å². The molecule has 0 radical (unpaired) electrons. The van der Waals surface area contributed by atoms with Gasteiger partial charge in [0.15, 0.2) is 0 Å². The highest BCUT2D eigenvalue weighted by atomic mass is 19.1. The van der Waals surface area contributed by atoms with Crippen molar-refractivity contribution >= 4 is 34.5 Å². The van der Waals surface area contributed by atoms with Crippen LogP contribution < -0.4 is 5.59 Å². The first-order valence-electron chi connectivity index (χ1n) is 12.6. The molecule has 37 heavy (non-hydrogen) atoms. The van der Waals surface area contributed by atoms with Gasteiger partial charge in [-0.25, -0.2) is 8.78 Å². The average molecular weight is 500 g/mol. The second-order valence-electron chi connectivity index (χ2n) is 10.1. The molecular weight excluding hydrogens is 473 g/mol. The van der Waals surface area contributed by atoms with E-state index in [0.717, 1.165) is 43.0 Å². The number of aryl methyl sites for hydroxylation is 2. The molecule has 0 atom stereocenters. The van der Waals surface area contributed by atoms with E-state index in [-0.39, 0.29) is 23.0 Å². The standard InChI is InChI=1S/C14H14BFN2O2.C14H13FN2/c1-8-5-13-10(6-12(8)16)11(7-17)14(15(19)20)18(13)9-3-2-4-9;1-9-5-14-12(6-13(9)15)10(7-16)8-17(14)11-3-2-4-11/h5-6,9,19-20H,2-4H2,1H3;5-6,8,11H,2-4H2,1H3. The Morgan fingerprint density at radius 3 is 1.89 bits per heavy atom.